The molecule has 1 aliphatic rings. The lowest BCUT2D eigenvalue weighted by Crippen LogP contribution is -2.56. The first-order valence-electron chi connectivity index (χ1n) is 6.89. The Kier molecular flexibility index (Phi) is 8.76. The summed E-state index contributed by atoms with van der Waals surface area (Å²) < 4.78 is 5.45. The minimum absolute atomic E-state index is 0. The summed E-state index contributed by atoms with van der Waals surface area (Å²) in [6.45, 7) is 8.46. The average molecular weight is 308 g/mol. The first-order chi connectivity index (χ1) is 9.01. The highest BCUT2D eigenvalue weighted by molar-refractivity contribution is 5.87. The predicted octanol–water partition coefficient (Wildman–Crippen LogP) is 0.112. The van der Waals surface area contributed by atoms with Gasteiger partial charge in [0.1, 0.15) is 6.04 Å². The molecule has 1 aliphatic heterocycles. The molecule has 20 heavy (non-hydrogen) atoms. The number of hydrogen-bond acceptors (Lipinski definition) is 4. The van der Waals surface area contributed by atoms with E-state index < -0.39 is 0 Å². The summed E-state index contributed by atoms with van der Waals surface area (Å²) in [4.78, 5) is 27.4. The third kappa shape index (κ3) is 4.92. The molecule has 0 aromatic heterocycles. The van der Waals surface area contributed by atoms with Crippen LogP contribution in [0.3, 0.4) is 0 Å². The number of nitrogens with one attached hydrogen (secondary N) is 1. The minimum atomic E-state index is -0.358. The number of morpholine rings is 1. The average Bonchev–Trinajstić information content (AvgIpc) is 2.39. The van der Waals surface area contributed by atoms with Crippen LogP contribution in [0.4, 0.5) is 0 Å². The van der Waals surface area contributed by atoms with E-state index in [0.717, 1.165) is 0 Å². The van der Waals surface area contributed by atoms with Gasteiger partial charge in [0.05, 0.1) is 19.3 Å². The number of nitrogens with zero attached hydrogens (tertiary/aromatic N) is 2. The molecule has 1 saturated heterocycles. The van der Waals surface area contributed by atoms with Gasteiger partial charge in [0.25, 0.3) is 0 Å². The Morgan fingerprint density at radius 3 is 2.40 bits per heavy atom. The van der Waals surface area contributed by atoms with Crippen molar-refractivity contribution in [2.75, 3.05) is 39.8 Å². The highest BCUT2D eigenvalue weighted by Crippen LogP contribution is 2.07. The SMILES string of the molecule is CCN(CC)C(=O)CN(C)C(=O)[C@H]1NCCO[C@@H]1C.Cl. The van der Waals surface area contributed by atoms with Crippen molar-refractivity contribution in [1.29, 1.82) is 0 Å². The Labute approximate surface area is 127 Å². The first kappa shape index (κ1) is 19.1. The maximum absolute atomic E-state index is 12.3. The smallest absolute Gasteiger partial charge is 0.242 e. The number of hydrogen-bond donors (Lipinski definition) is 1. The highest BCUT2D eigenvalue weighted by atomic mass is 35.5. The maximum atomic E-state index is 12.3. The normalized spacial score (nSPS) is 21.8. The molecule has 0 radical (unpaired) electrons. The number of rotatable bonds is 5. The molecule has 0 spiro atoms. The Balaban J connectivity index is 0.00000361. The van der Waals surface area contributed by atoms with Crippen LogP contribution < -0.4 is 5.32 Å². The number of amides is 2. The van der Waals surface area contributed by atoms with Gasteiger partial charge in [0.2, 0.25) is 11.8 Å². The first-order valence-corrected chi connectivity index (χ1v) is 6.89. The molecule has 2 amide bonds. The third-order valence-electron chi connectivity index (χ3n) is 3.45. The molecule has 0 aromatic carbocycles. The quantitative estimate of drug-likeness (QED) is 0.783. The maximum Gasteiger partial charge on any atom is 0.242 e. The van der Waals surface area contributed by atoms with Gasteiger partial charge in [0.15, 0.2) is 0 Å². The summed E-state index contributed by atoms with van der Waals surface area (Å²) in [5.74, 6) is -0.113. The molecule has 0 saturated carbocycles. The van der Waals surface area contributed by atoms with Crippen molar-refractivity contribution in [3.05, 3.63) is 0 Å². The zero-order valence-corrected chi connectivity index (χ0v) is 13.5. The van der Waals surface area contributed by atoms with Crippen LogP contribution in [0, 0.1) is 0 Å². The predicted molar refractivity (Wildman–Crippen MR) is 80.0 cm³/mol. The van der Waals surface area contributed by atoms with Crippen molar-refractivity contribution in [1.82, 2.24) is 15.1 Å². The van der Waals surface area contributed by atoms with E-state index in [2.05, 4.69) is 5.32 Å². The fourth-order valence-electron chi connectivity index (χ4n) is 2.20. The van der Waals surface area contributed by atoms with Gasteiger partial charge >= 0.3 is 0 Å². The van der Waals surface area contributed by atoms with Crippen molar-refractivity contribution in [2.24, 2.45) is 0 Å². The van der Waals surface area contributed by atoms with E-state index >= 15 is 0 Å². The van der Waals surface area contributed by atoms with Gasteiger partial charge in [-0.1, -0.05) is 0 Å². The van der Waals surface area contributed by atoms with E-state index in [1.807, 2.05) is 20.8 Å². The van der Waals surface area contributed by atoms with Crippen LogP contribution in [0.25, 0.3) is 0 Å². The van der Waals surface area contributed by atoms with Crippen LogP contribution in [0.5, 0.6) is 0 Å². The lowest BCUT2D eigenvalue weighted by molar-refractivity contribution is -0.144. The topological polar surface area (TPSA) is 61.9 Å². The second kappa shape index (κ2) is 9.15. The monoisotopic (exact) mass is 307 g/mol. The van der Waals surface area contributed by atoms with Gasteiger partial charge in [-0.3, -0.25) is 9.59 Å². The summed E-state index contributed by atoms with van der Waals surface area (Å²) in [7, 11) is 1.66. The molecular weight excluding hydrogens is 282 g/mol. The molecule has 7 heteroatoms. The van der Waals surface area contributed by atoms with Gasteiger partial charge in [-0.2, -0.15) is 0 Å². The second-order valence-electron chi connectivity index (χ2n) is 4.77. The van der Waals surface area contributed by atoms with E-state index in [1.54, 1.807) is 11.9 Å². The molecule has 1 heterocycles. The molecule has 6 nitrogen and oxygen atoms in total. The molecule has 0 unspecified atom stereocenters. The van der Waals surface area contributed by atoms with Gasteiger partial charge < -0.3 is 19.9 Å². The van der Waals surface area contributed by atoms with Gasteiger partial charge in [-0.05, 0) is 20.8 Å². The highest BCUT2D eigenvalue weighted by Gasteiger charge is 2.31. The van der Waals surface area contributed by atoms with Crippen molar-refractivity contribution >= 4 is 24.2 Å². The van der Waals surface area contributed by atoms with E-state index in [0.29, 0.717) is 26.2 Å². The van der Waals surface area contributed by atoms with E-state index in [4.69, 9.17) is 4.74 Å². The fourth-order valence-corrected chi connectivity index (χ4v) is 2.20. The van der Waals surface area contributed by atoms with Crippen molar-refractivity contribution in [2.45, 2.75) is 32.9 Å². The van der Waals surface area contributed by atoms with Gasteiger partial charge in [-0.25, -0.2) is 0 Å². The van der Waals surface area contributed by atoms with Crippen LogP contribution in [0.15, 0.2) is 0 Å². The van der Waals surface area contributed by atoms with Gasteiger partial charge in [-0.15, -0.1) is 12.4 Å². The fraction of sp³-hybridized carbons (Fsp3) is 0.846. The molecule has 0 aliphatic carbocycles. The molecule has 1 fully saturated rings. The van der Waals surface area contributed by atoms with Crippen LogP contribution >= 0.6 is 12.4 Å². The van der Waals surface area contributed by atoms with Crippen LogP contribution in [0.2, 0.25) is 0 Å². The van der Waals surface area contributed by atoms with Crippen LogP contribution in [-0.2, 0) is 14.3 Å². The zero-order valence-electron chi connectivity index (χ0n) is 12.7. The summed E-state index contributed by atoms with van der Waals surface area (Å²) in [5.41, 5.74) is 0. The Morgan fingerprint density at radius 1 is 1.30 bits per heavy atom. The van der Waals surface area contributed by atoms with E-state index in [1.165, 1.54) is 4.90 Å². The molecule has 1 rings (SSSR count). The molecule has 2 atom stereocenters. The number of halogens is 1. The van der Waals surface area contributed by atoms with E-state index in [9.17, 15) is 9.59 Å². The summed E-state index contributed by atoms with van der Waals surface area (Å²) in [6.07, 6.45) is -0.160. The van der Waals surface area contributed by atoms with Crippen molar-refractivity contribution < 1.29 is 14.3 Å². The Bertz CT molecular complexity index is 324. The zero-order chi connectivity index (χ0) is 14.4. The van der Waals surface area contributed by atoms with Crippen LogP contribution in [0.1, 0.15) is 20.8 Å². The summed E-state index contributed by atoms with van der Waals surface area (Å²) in [5, 5.41) is 3.14. The number of likely N-dealkylation sites (N-methyl/N-ethyl adjacent to an activating group) is 2. The second-order valence-corrected chi connectivity index (χ2v) is 4.77. The van der Waals surface area contributed by atoms with Crippen LogP contribution in [-0.4, -0.2) is 73.6 Å². The molecule has 118 valence electrons. The van der Waals surface area contributed by atoms with Crippen molar-refractivity contribution in [3.63, 3.8) is 0 Å². The van der Waals surface area contributed by atoms with E-state index in [-0.39, 0.29) is 42.9 Å². The number of carbonyl (C=O) groups excluding carboxylic acids is 2. The minimum Gasteiger partial charge on any atom is -0.375 e. The summed E-state index contributed by atoms with van der Waals surface area (Å²) in [6, 6.07) is -0.358. The molecule has 0 bridgehead atoms. The molecule has 0 aromatic rings. The number of carbonyl (C=O) groups is 2. The Morgan fingerprint density at radius 2 is 1.90 bits per heavy atom. The number of ether oxygens (including phenoxy) is 1. The molecule has 1 N–H and O–H groups in total. The summed E-state index contributed by atoms with van der Waals surface area (Å²) >= 11 is 0. The third-order valence-corrected chi connectivity index (χ3v) is 3.45. The lowest BCUT2D eigenvalue weighted by atomic mass is 10.1. The molecular formula is C13H26ClN3O3. The standard InChI is InChI=1S/C13H25N3O3.ClH/c1-5-16(6-2)11(17)9-15(4)13(18)12-10(3)19-8-7-14-12;/h10,12,14H,5-9H2,1-4H3;1H/t10-,12+;/m1./s1. The van der Waals surface area contributed by atoms with Gasteiger partial charge in [0, 0.05) is 26.7 Å². The Hall–Kier alpha value is -0.850. The largest absolute Gasteiger partial charge is 0.375 e. The lowest BCUT2D eigenvalue weighted by Gasteiger charge is -2.32. The van der Waals surface area contributed by atoms with Crippen molar-refractivity contribution in [3.8, 4) is 0 Å².